The Morgan fingerprint density at radius 3 is 2.00 bits per heavy atom. The van der Waals surface area contributed by atoms with Crippen LogP contribution in [0.3, 0.4) is 0 Å². The van der Waals surface area contributed by atoms with E-state index in [0.717, 1.165) is 5.69 Å². The van der Waals surface area contributed by atoms with Gasteiger partial charge in [0.15, 0.2) is 12.4 Å². The van der Waals surface area contributed by atoms with Gasteiger partial charge in [-0.05, 0) is 49.2 Å². The molecule has 1 saturated heterocycles. The first-order valence-electron chi connectivity index (χ1n) is 9.85. The Morgan fingerprint density at radius 1 is 0.969 bits per heavy atom. The van der Waals surface area contributed by atoms with E-state index in [9.17, 15) is 13.2 Å². The summed E-state index contributed by atoms with van der Waals surface area (Å²) in [6.45, 7) is 5.34. The van der Waals surface area contributed by atoms with E-state index in [2.05, 4.69) is 10.2 Å². The maximum atomic E-state index is 12.3. The average Bonchev–Trinajstić information content (AvgIpc) is 2.76. The molecule has 2 aromatic rings. The number of carbonyl (C=O) groups is 1. The van der Waals surface area contributed by atoms with Gasteiger partial charge in [-0.15, -0.1) is 0 Å². The molecule has 0 aromatic heterocycles. The van der Waals surface area contributed by atoms with Gasteiger partial charge in [-0.3, -0.25) is 4.79 Å². The number of rotatable bonds is 6. The van der Waals surface area contributed by atoms with Crippen LogP contribution in [0.15, 0.2) is 24.3 Å². The Hall–Kier alpha value is -1.71. The lowest BCUT2D eigenvalue weighted by Crippen LogP contribution is -2.48. The van der Waals surface area contributed by atoms with Crippen molar-refractivity contribution in [2.75, 3.05) is 49.3 Å². The number of sulfonamides is 1. The third-order valence-electron chi connectivity index (χ3n) is 5.29. The van der Waals surface area contributed by atoms with Crippen LogP contribution in [0.4, 0.5) is 11.4 Å². The van der Waals surface area contributed by atoms with Crippen LogP contribution in [0, 0.1) is 13.8 Å². The second-order valence-electron chi connectivity index (χ2n) is 7.55. The van der Waals surface area contributed by atoms with Gasteiger partial charge in [0.25, 0.3) is 5.91 Å². The maximum Gasteiger partial charge on any atom is 0.262 e. The van der Waals surface area contributed by atoms with E-state index in [-0.39, 0.29) is 28.3 Å². The molecule has 0 saturated carbocycles. The number of halogens is 3. The van der Waals surface area contributed by atoms with Crippen LogP contribution >= 0.6 is 34.8 Å². The molecule has 32 heavy (non-hydrogen) atoms. The molecule has 3 rings (SSSR count). The SMILES string of the molecule is Cc1c(Cl)c(C)c(Cl)c(OCC(=O)Nc2ccc(N3CCN(S(C)(=O)=O)CC3)cc2)c1Cl. The average molecular weight is 521 g/mol. The van der Waals surface area contributed by atoms with Crippen molar-refractivity contribution in [1.82, 2.24) is 4.31 Å². The predicted octanol–water partition coefficient (Wildman–Crippen LogP) is 4.36. The minimum atomic E-state index is -3.17. The zero-order valence-electron chi connectivity index (χ0n) is 17.9. The number of benzene rings is 2. The Kier molecular flexibility index (Phi) is 7.83. The second-order valence-corrected chi connectivity index (χ2v) is 10.7. The highest BCUT2D eigenvalue weighted by Crippen LogP contribution is 2.42. The van der Waals surface area contributed by atoms with Crippen LogP contribution in [0.2, 0.25) is 15.1 Å². The molecular formula is C21H24Cl3N3O4S. The zero-order chi connectivity index (χ0) is 23.6. The standard InChI is InChI=1S/C21H24Cl3N3O4S/c1-13-18(22)14(2)20(24)21(19(13)23)31-12-17(28)25-15-4-6-16(7-5-15)26-8-10-27(11-9-26)32(3,29)30/h4-7H,8-12H2,1-3H3,(H,25,28). The highest BCUT2D eigenvalue weighted by molar-refractivity contribution is 7.88. The first-order valence-corrected chi connectivity index (χ1v) is 12.8. The molecular weight excluding hydrogens is 497 g/mol. The summed E-state index contributed by atoms with van der Waals surface area (Å²) in [5.74, 6) is -0.136. The number of amides is 1. The summed E-state index contributed by atoms with van der Waals surface area (Å²) in [5, 5.41) is 3.79. The molecule has 11 heteroatoms. The largest absolute Gasteiger partial charge is 0.481 e. The fraction of sp³-hybridized carbons (Fsp3) is 0.381. The van der Waals surface area contributed by atoms with Crippen molar-refractivity contribution < 1.29 is 17.9 Å². The van der Waals surface area contributed by atoms with Gasteiger partial charge in [0, 0.05) is 42.6 Å². The van der Waals surface area contributed by atoms with Crippen molar-refractivity contribution >= 4 is 62.1 Å². The molecule has 1 heterocycles. The van der Waals surface area contributed by atoms with E-state index in [1.54, 1.807) is 26.0 Å². The van der Waals surface area contributed by atoms with Gasteiger partial charge >= 0.3 is 0 Å². The number of carbonyl (C=O) groups excluding carboxylic acids is 1. The number of piperazine rings is 1. The van der Waals surface area contributed by atoms with Crippen LogP contribution in [-0.2, 0) is 14.8 Å². The molecule has 1 aliphatic rings. The lowest BCUT2D eigenvalue weighted by molar-refractivity contribution is -0.118. The van der Waals surface area contributed by atoms with Crippen LogP contribution in [-0.4, -0.2) is 57.7 Å². The normalized spacial score (nSPS) is 15.0. The summed E-state index contributed by atoms with van der Waals surface area (Å²) < 4.78 is 30.3. The molecule has 0 bridgehead atoms. The van der Waals surface area contributed by atoms with E-state index in [0.29, 0.717) is 48.0 Å². The zero-order valence-corrected chi connectivity index (χ0v) is 21.0. The van der Waals surface area contributed by atoms with Gasteiger partial charge in [-0.1, -0.05) is 34.8 Å². The second kappa shape index (κ2) is 10.1. The molecule has 0 unspecified atom stereocenters. The summed E-state index contributed by atoms with van der Waals surface area (Å²) in [7, 11) is -3.17. The fourth-order valence-corrected chi connectivity index (χ4v) is 5.05. The van der Waals surface area contributed by atoms with Crippen LogP contribution in [0.5, 0.6) is 5.75 Å². The van der Waals surface area contributed by atoms with Gasteiger partial charge in [-0.25, -0.2) is 8.42 Å². The maximum absolute atomic E-state index is 12.3. The fourth-order valence-electron chi connectivity index (χ4n) is 3.41. The molecule has 0 aliphatic carbocycles. The van der Waals surface area contributed by atoms with E-state index in [1.165, 1.54) is 10.6 Å². The van der Waals surface area contributed by atoms with E-state index in [4.69, 9.17) is 39.5 Å². The molecule has 0 atom stereocenters. The minimum absolute atomic E-state index is 0.228. The Balaban J connectivity index is 1.57. The van der Waals surface area contributed by atoms with Crippen LogP contribution in [0.25, 0.3) is 0 Å². The van der Waals surface area contributed by atoms with Crippen molar-refractivity contribution in [2.45, 2.75) is 13.8 Å². The Labute approximate surface area is 203 Å². The van der Waals surface area contributed by atoms with Gasteiger partial charge < -0.3 is 15.0 Å². The molecule has 2 aromatic carbocycles. The van der Waals surface area contributed by atoms with E-state index in [1.807, 2.05) is 12.1 Å². The van der Waals surface area contributed by atoms with Crippen LogP contribution in [0.1, 0.15) is 11.1 Å². The van der Waals surface area contributed by atoms with Gasteiger partial charge in [0.1, 0.15) is 0 Å². The van der Waals surface area contributed by atoms with Gasteiger partial charge in [-0.2, -0.15) is 4.31 Å². The lowest BCUT2D eigenvalue weighted by Gasteiger charge is -2.34. The summed E-state index contributed by atoms with van der Waals surface area (Å²) in [4.78, 5) is 14.4. The highest BCUT2D eigenvalue weighted by atomic mass is 35.5. The number of ether oxygens (including phenoxy) is 1. The number of nitrogens with one attached hydrogen (secondary N) is 1. The smallest absolute Gasteiger partial charge is 0.262 e. The van der Waals surface area contributed by atoms with Crippen molar-refractivity contribution in [3.05, 3.63) is 50.5 Å². The number of nitrogens with zero attached hydrogens (tertiary/aromatic N) is 2. The van der Waals surface area contributed by atoms with Gasteiger partial charge in [0.2, 0.25) is 10.0 Å². The quantitative estimate of drug-likeness (QED) is 0.612. The molecule has 7 nitrogen and oxygen atoms in total. The molecule has 1 N–H and O–H groups in total. The first kappa shape index (κ1) is 24.9. The topological polar surface area (TPSA) is 79.0 Å². The lowest BCUT2D eigenvalue weighted by atomic mass is 10.1. The third kappa shape index (κ3) is 5.61. The van der Waals surface area contributed by atoms with Crippen molar-refractivity contribution in [2.24, 2.45) is 0 Å². The summed E-state index contributed by atoms with van der Waals surface area (Å²) in [6.07, 6.45) is 1.22. The van der Waals surface area contributed by atoms with Crippen molar-refractivity contribution in [3.8, 4) is 5.75 Å². The van der Waals surface area contributed by atoms with E-state index < -0.39 is 10.0 Å². The Morgan fingerprint density at radius 2 is 1.50 bits per heavy atom. The number of hydrogen-bond acceptors (Lipinski definition) is 5. The molecule has 1 aliphatic heterocycles. The van der Waals surface area contributed by atoms with Crippen LogP contribution < -0.4 is 15.0 Å². The summed E-state index contributed by atoms with van der Waals surface area (Å²) in [5.41, 5.74) is 2.84. The minimum Gasteiger partial charge on any atom is -0.481 e. The molecule has 0 spiro atoms. The number of hydrogen-bond donors (Lipinski definition) is 1. The third-order valence-corrected chi connectivity index (χ3v) is 8.07. The van der Waals surface area contributed by atoms with E-state index >= 15 is 0 Å². The van der Waals surface area contributed by atoms with Crippen molar-refractivity contribution in [3.63, 3.8) is 0 Å². The summed E-state index contributed by atoms with van der Waals surface area (Å²) in [6, 6.07) is 7.33. The predicted molar refractivity (Wildman–Crippen MR) is 130 cm³/mol. The highest BCUT2D eigenvalue weighted by Gasteiger charge is 2.23. The number of anilines is 2. The Bertz CT molecular complexity index is 1090. The van der Waals surface area contributed by atoms with Crippen molar-refractivity contribution in [1.29, 1.82) is 0 Å². The van der Waals surface area contributed by atoms with Gasteiger partial charge in [0.05, 0.1) is 16.3 Å². The molecule has 1 amide bonds. The summed E-state index contributed by atoms with van der Waals surface area (Å²) >= 11 is 18.7. The first-order chi connectivity index (χ1) is 15.0. The molecule has 1 fully saturated rings. The monoisotopic (exact) mass is 519 g/mol. The molecule has 0 radical (unpaired) electrons. The molecule has 174 valence electrons.